The molecule has 0 radical (unpaired) electrons. The molecule has 176 valence electrons. The third kappa shape index (κ3) is 6.61. The Kier molecular flexibility index (Phi) is 8.54. The zero-order valence-corrected chi connectivity index (χ0v) is 19.5. The number of pyridine rings is 1. The Morgan fingerprint density at radius 2 is 1.85 bits per heavy atom. The van der Waals surface area contributed by atoms with Gasteiger partial charge in [0, 0.05) is 25.7 Å². The largest absolute Gasteiger partial charge is 0.354 e. The van der Waals surface area contributed by atoms with Gasteiger partial charge in [0.1, 0.15) is 5.82 Å². The van der Waals surface area contributed by atoms with E-state index in [-0.39, 0.29) is 42.1 Å². The summed E-state index contributed by atoms with van der Waals surface area (Å²) in [5, 5.41) is 8.76. The molecule has 8 nitrogen and oxygen atoms in total. The number of hydrogen-bond acceptors (Lipinski definition) is 5. The van der Waals surface area contributed by atoms with Crippen molar-refractivity contribution in [2.75, 3.05) is 25.0 Å². The second kappa shape index (κ2) is 11.6. The standard InChI is InChI=1S/C25H33N5O3/c1-17(15-29-25(33)18(2)26-3)12-23(32)30-21(14-20-10-7-11-27-24(20)30)16-28-22(31)13-19-8-5-4-6-9-19/h4-11,17-18,21,26H,12-16H2,1-3H3,(H,28,31)(H,29,33)/t17-,18-,21-/m0/s1. The molecule has 3 atom stereocenters. The van der Waals surface area contributed by atoms with Crippen molar-refractivity contribution in [3.63, 3.8) is 0 Å². The summed E-state index contributed by atoms with van der Waals surface area (Å²) in [6.07, 6.45) is 2.90. The van der Waals surface area contributed by atoms with Gasteiger partial charge in [0.25, 0.3) is 0 Å². The molecule has 3 amide bonds. The van der Waals surface area contributed by atoms with Gasteiger partial charge >= 0.3 is 0 Å². The first-order valence-electron chi connectivity index (χ1n) is 11.4. The molecule has 0 aliphatic carbocycles. The molecule has 1 aromatic carbocycles. The number of nitrogens with one attached hydrogen (secondary N) is 3. The number of carbonyl (C=O) groups is 3. The first-order valence-corrected chi connectivity index (χ1v) is 11.4. The number of carbonyl (C=O) groups excluding carboxylic acids is 3. The zero-order chi connectivity index (χ0) is 23.8. The molecule has 2 aromatic rings. The van der Waals surface area contributed by atoms with E-state index >= 15 is 0 Å². The molecule has 1 aliphatic rings. The third-order valence-electron chi connectivity index (χ3n) is 5.90. The van der Waals surface area contributed by atoms with Crippen LogP contribution in [0, 0.1) is 5.92 Å². The molecule has 0 spiro atoms. The van der Waals surface area contributed by atoms with Crippen molar-refractivity contribution >= 4 is 23.5 Å². The summed E-state index contributed by atoms with van der Waals surface area (Å²) >= 11 is 0. The van der Waals surface area contributed by atoms with Crippen molar-refractivity contribution in [2.24, 2.45) is 5.92 Å². The van der Waals surface area contributed by atoms with Crippen LogP contribution in [0.3, 0.4) is 0 Å². The SMILES string of the molecule is CN[C@@H](C)C(=O)NC[C@@H](C)CC(=O)N1c2ncccc2C[C@H]1CNC(=O)Cc1ccccc1. The summed E-state index contributed by atoms with van der Waals surface area (Å²) in [6.45, 7) is 4.50. The number of anilines is 1. The maximum atomic E-state index is 13.2. The van der Waals surface area contributed by atoms with Crippen molar-refractivity contribution in [1.29, 1.82) is 0 Å². The van der Waals surface area contributed by atoms with Gasteiger partial charge in [0.05, 0.1) is 18.5 Å². The summed E-state index contributed by atoms with van der Waals surface area (Å²) in [7, 11) is 1.73. The Bertz CT molecular complexity index is 966. The molecule has 3 rings (SSSR count). The minimum atomic E-state index is -0.286. The van der Waals surface area contributed by atoms with Gasteiger partial charge in [-0.3, -0.25) is 19.3 Å². The summed E-state index contributed by atoms with van der Waals surface area (Å²) in [5.74, 6) is 0.394. The van der Waals surface area contributed by atoms with Gasteiger partial charge in [-0.15, -0.1) is 0 Å². The molecular formula is C25H33N5O3. The fourth-order valence-corrected chi connectivity index (χ4v) is 3.91. The van der Waals surface area contributed by atoms with E-state index in [4.69, 9.17) is 0 Å². The molecule has 8 heteroatoms. The minimum absolute atomic E-state index is 0.0356. The summed E-state index contributed by atoms with van der Waals surface area (Å²) in [6, 6.07) is 12.9. The predicted molar refractivity (Wildman–Crippen MR) is 128 cm³/mol. The highest BCUT2D eigenvalue weighted by atomic mass is 16.2. The van der Waals surface area contributed by atoms with E-state index in [1.165, 1.54) is 0 Å². The van der Waals surface area contributed by atoms with Crippen molar-refractivity contribution in [1.82, 2.24) is 20.9 Å². The second-order valence-electron chi connectivity index (χ2n) is 8.64. The molecule has 1 aromatic heterocycles. The lowest BCUT2D eigenvalue weighted by atomic mass is 10.1. The molecule has 3 N–H and O–H groups in total. The Labute approximate surface area is 195 Å². The lowest BCUT2D eigenvalue weighted by molar-refractivity contribution is -0.123. The number of aromatic nitrogens is 1. The summed E-state index contributed by atoms with van der Waals surface area (Å²) in [4.78, 5) is 43.8. The predicted octanol–water partition coefficient (Wildman–Crippen LogP) is 1.45. The second-order valence-corrected chi connectivity index (χ2v) is 8.64. The fourth-order valence-electron chi connectivity index (χ4n) is 3.91. The number of benzene rings is 1. The van der Waals surface area contributed by atoms with E-state index in [0.29, 0.717) is 31.7 Å². The highest BCUT2D eigenvalue weighted by molar-refractivity contribution is 5.95. The van der Waals surface area contributed by atoms with Gasteiger partial charge < -0.3 is 16.0 Å². The molecule has 0 unspecified atom stereocenters. The topological polar surface area (TPSA) is 103 Å². The molecule has 1 aliphatic heterocycles. The average molecular weight is 452 g/mol. The number of rotatable bonds is 10. The highest BCUT2D eigenvalue weighted by Gasteiger charge is 2.35. The smallest absolute Gasteiger partial charge is 0.236 e. The summed E-state index contributed by atoms with van der Waals surface area (Å²) < 4.78 is 0. The Morgan fingerprint density at radius 3 is 2.58 bits per heavy atom. The van der Waals surface area contributed by atoms with Crippen LogP contribution in [0.5, 0.6) is 0 Å². The monoisotopic (exact) mass is 451 g/mol. The van der Waals surface area contributed by atoms with Crippen LogP contribution >= 0.6 is 0 Å². The van der Waals surface area contributed by atoms with Crippen molar-refractivity contribution in [3.05, 3.63) is 59.8 Å². The quantitative estimate of drug-likeness (QED) is 0.507. The number of nitrogens with zero attached hydrogens (tertiary/aromatic N) is 2. The number of hydrogen-bond donors (Lipinski definition) is 3. The van der Waals surface area contributed by atoms with Gasteiger partial charge in [-0.25, -0.2) is 4.98 Å². The van der Waals surface area contributed by atoms with E-state index in [0.717, 1.165) is 11.1 Å². The van der Waals surface area contributed by atoms with Crippen LogP contribution < -0.4 is 20.9 Å². The molecule has 0 saturated carbocycles. The van der Waals surface area contributed by atoms with Crippen LogP contribution in [0.2, 0.25) is 0 Å². The van der Waals surface area contributed by atoms with Crippen molar-refractivity contribution in [3.8, 4) is 0 Å². The van der Waals surface area contributed by atoms with Crippen LogP contribution in [0.4, 0.5) is 5.82 Å². The first kappa shape index (κ1) is 24.4. The first-order chi connectivity index (χ1) is 15.9. The maximum Gasteiger partial charge on any atom is 0.236 e. The Morgan fingerprint density at radius 1 is 1.09 bits per heavy atom. The molecule has 33 heavy (non-hydrogen) atoms. The summed E-state index contributed by atoms with van der Waals surface area (Å²) in [5.41, 5.74) is 1.94. The van der Waals surface area contributed by atoms with Gasteiger partial charge in [-0.1, -0.05) is 43.3 Å². The van der Waals surface area contributed by atoms with Crippen LogP contribution in [0.25, 0.3) is 0 Å². The van der Waals surface area contributed by atoms with E-state index in [1.807, 2.05) is 49.4 Å². The zero-order valence-electron chi connectivity index (χ0n) is 19.5. The van der Waals surface area contributed by atoms with Crippen LogP contribution in [0.15, 0.2) is 48.7 Å². The Hall–Kier alpha value is -3.26. The Balaban J connectivity index is 1.60. The van der Waals surface area contributed by atoms with E-state index in [1.54, 1.807) is 25.1 Å². The molecule has 0 fully saturated rings. The molecule has 0 saturated heterocycles. The normalized spacial score (nSPS) is 16.6. The van der Waals surface area contributed by atoms with Crippen molar-refractivity contribution in [2.45, 2.75) is 45.2 Å². The van der Waals surface area contributed by atoms with Crippen LogP contribution in [-0.2, 0) is 27.2 Å². The van der Waals surface area contributed by atoms with Gasteiger partial charge in [0.2, 0.25) is 17.7 Å². The van der Waals surface area contributed by atoms with Gasteiger partial charge in [-0.05, 0) is 43.5 Å². The van der Waals surface area contributed by atoms with E-state index in [9.17, 15) is 14.4 Å². The number of likely N-dealkylation sites (N-methyl/N-ethyl adjacent to an activating group) is 1. The molecule has 2 heterocycles. The molecule has 0 bridgehead atoms. The van der Waals surface area contributed by atoms with Gasteiger partial charge in [-0.2, -0.15) is 0 Å². The lowest BCUT2D eigenvalue weighted by Gasteiger charge is -2.26. The minimum Gasteiger partial charge on any atom is -0.354 e. The fraction of sp³-hybridized carbons (Fsp3) is 0.440. The third-order valence-corrected chi connectivity index (χ3v) is 5.90. The number of amides is 3. The lowest BCUT2D eigenvalue weighted by Crippen LogP contribution is -2.47. The van der Waals surface area contributed by atoms with E-state index in [2.05, 4.69) is 20.9 Å². The highest BCUT2D eigenvalue weighted by Crippen LogP contribution is 2.30. The maximum absolute atomic E-state index is 13.2. The average Bonchev–Trinajstić information content (AvgIpc) is 3.20. The van der Waals surface area contributed by atoms with E-state index < -0.39 is 0 Å². The van der Waals surface area contributed by atoms with Gasteiger partial charge in [0.15, 0.2) is 0 Å². The number of fused-ring (bicyclic) bond motifs is 1. The molecular weight excluding hydrogens is 418 g/mol. The van der Waals surface area contributed by atoms with Crippen LogP contribution in [-0.4, -0.2) is 54.9 Å². The van der Waals surface area contributed by atoms with Crippen molar-refractivity contribution < 1.29 is 14.4 Å². The van der Waals surface area contributed by atoms with Crippen LogP contribution in [0.1, 0.15) is 31.4 Å².